The summed E-state index contributed by atoms with van der Waals surface area (Å²) in [5.41, 5.74) is 0. The molecule has 0 aromatic carbocycles. The molecule has 0 bridgehead atoms. The molecule has 0 spiro atoms. The second-order valence-corrected chi connectivity index (χ2v) is 19.5. The summed E-state index contributed by atoms with van der Waals surface area (Å²) < 4.78 is 16.8. The van der Waals surface area contributed by atoms with Gasteiger partial charge in [-0.2, -0.15) is 0 Å². The van der Waals surface area contributed by atoms with Crippen molar-refractivity contribution in [3.63, 3.8) is 0 Å². The van der Waals surface area contributed by atoms with Crippen molar-refractivity contribution in [2.75, 3.05) is 13.2 Å². The summed E-state index contributed by atoms with van der Waals surface area (Å²) in [5.74, 6) is 0.822. The molecule has 0 aliphatic rings. The number of ether oxygens (including phenoxy) is 3. The number of unbranched alkanes of at least 4 members (excludes halogenated alkanes) is 33. The largest absolute Gasteiger partial charge is 0.462 e. The van der Waals surface area contributed by atoms with E-state index in [-0.39, 0.29) is 31.1 Å². The van der Waals surface area contributed by atoms with Crippen LogP contribution >= 0.6 is 0 Å². The zero-order valence-corrected chi connectivity index (χ0v) is 41.1. The zero-order valence-electron chi connectivity index (χ0n) is 41.1. The highest BCUT2D eigenvalue weighted by molar-refractivity contribution is 5.71. The Labute approximate surface area is 374 Å². The van der Waals surface area contributed by atoms with Gasteiger partial charge in [-0.15, -0.1) is 0 Å². The van der Waals surface area contributed by atoms with E-state index in [1.807, 2.05) is 0 Å². The smallest absolute Gasteiger partial charge is 0.306 e. The highest BCUT2D eigenvalue weighted by Crippen LogP contribution is 2.18. The second kappa shape index (κ2) is 46.9. The quantitative estimate of drug-likeness (QED) is 0.0345. The van der Waals surface area contributed by atoms with Gasteiger partial charge < -0.3 is 14.2 Å². The molecule has 1 atom stereocenters. The number of carbonyl (C=O) groups is 3. The van der Waals surface area contributed by atoms with Gasteiger partial charge in [-0.05, 0) is 31.1 Å². The molecule has 356 valence electrons. The van der Waals surface area contributed by atoms with Gasteiger partial charge in [0.15, 0.2) is 6.10 Å². The minimum Gasteiger partial charge on any atom is -0.462 e. The third-order valence-electron chi connectivity index (χ3n) is 12.2. The average molecular weight is 849 g/mol. The molecule has 6 heteroatoms. The lowest BCUT2D eigenvalue weighted by Gasteiger charge is -2.18. The van der Waals surface area contributed by atoms with Gasteiger partial charge >= 0.3 is 17.9 Å². The molecule has 0 heterocycles. The Morgan fingerprint density at radius 2 is 0.550 bits per heavy atom. The predicted molar refractivity (Wildman–Crippen MR) is 256 cm³/mol. The Morgan fingerprint density at radius 3 is 0.817 bits per heavy atom. The number of esters is 3. The fourth-order valence-electron chi connectivity index (χ4n) is 8.17. The van der Waals surface area contributed by atoms with Crippen LogP contribution in [0.4, 0.5) is 0 Å². The lowest BCUT2D eigenvalue weighted by Crippen LogP contribution is -2.30. The van der Waals surface area contributed by atoms with Gasteiger partial charge in [0.2, 0.25) is 0 Å². The Hall–Kier alpha value is -1.59. The summed E-state index contributed by atoms with van der Waals surface area (Å²) in [7, 11) is 0. The summed E-state index contributed by atoms with van der Waals surface area (Å²) in [6, 6.07) is 0. The Kier molecular flexibility index (Phi) is 45.7. The van der Waals surface area contributed by atoms with Gasteiger partial charge in [-0.25, -0.2) is 0 Å². The summed E-state index contributed by atoms with van der Waals surface area (Å²) >= 11 is 0. The maximum absolute atomic E-state index is 12.8. The van der Waals surface area contributed by atoms with Crippen molar-refractivity contribution in [2.24, 2.45) is 11.8 Å². The van der Waals surface area contributed by atoms with Crippen molar-refractivity contribution in [3.05, 3.63) is 0 Å². The van der Waals surface area contributed by atoms with E-state index in [0.29, 0.717) is 19.3 Å². The molecule has 0 fully saturated rings. The molecule has 0 aliphatic heterocycles. The molecule has 0 unspecified atom stereocenters. The van der Waals surface area contributed by atoms with E-state index >= 15 is 0 Å². The van der Waals surface area contributed by atoms with Crippen LogP contribution in [0.15, 0.2) is 0 Å². The van der Waals surface area contributed by atoms with Gasteiger partial charge in [-0.3, -0.25) is 14.4 Å². The highest BCUT2D eigenvalue weighted by Gasteiger charge is 2.19. The van der Waals surface area contributed by atoms with Crippen molar-refractivity contribution in [1.82, 2.24) is 0 Å². The molecule has 0 N–H and O–H groups in total. The first-order valence-corrected chi connectivity index (χ1v) is 26.7. The number of hydrogen-bond acceptors (Lipinski definition) is 6. The summed E-state index contributed by atoms with van der Waals surface area (Å²) in [4.78, 5) is 37.9. The second-order valence-electron chi connectivity index (χ2n) is 19.5. The molecule has 0 aromatic rings. The third-order valence-corrected chi connectivity index (χ3v) is 12.2. The van der Waals surface area contributed by atoms with E-state index in [1.54, 1.807) is 0 Å². The maximum atomic E-state index is 12.8. The molecule has 0 aliphatic carbocycles. The molecular formula is C54H104O6. The van der Waals surface area contributed by atoms with E-state index in [1.165, 1.54) is 186 Å². The van der Waals surface area contributed by atoms with E-state index in [0.717, 1.165) is 69.6 Å². The van der Waals surface area contributed by atoms with Crippen LogP contribution in [-0.4, -0.2) is 37.2 Å². The van der Waals surface area contributed by atoms with Crippen molar-refractivity contribution in [2.45, 2.75) is 304 Å². The van der Waals surface area contributed by atoms with Crippen LogP contribution in [0.1, 0.15) is 298 Å². The lowest BCUT2D eigenvalue weighted by molar-refractivity contribution is -0.167. The molecule has 0 aromatic heterocycles. The topological polar surface area (TPSA) is 78.9 Å². The first-order valence-electron chi connectivity index (χ1n) is 26.7. The standard InChI is InChI=1S/C54H104O6/c1-6-7-8-9-10-11-24-29-34-39-44-52(55)58-47-51(60-54(57)46-41-36-31-26-21-20-23-28-33-38-43-50(4)5)48-59-53(56)45-40-35-30-25-19-17-15-13-12-14-16-18-22-27-32-37-42-49(2)3/h49-51H,6-48H2,1-5H3/t51-/m0/s1. The molecule has 60 heavy (non-hydrogen) atoms. The Bertz CT molecular complexity index is 916. The van der Waals surface area contributed by atoms with Crippen molar-refractivity contribution >= 4 is 17.9 Å². The number of carbonyl (C=O) groups excluding carboxylic acids is 3. The third kappa shape index (κ3) is 47.5. The first-order chi connectivity index (χ1) is 29.2. The molecular weight excluding hydrogens is 745 g/mol. The van der Waals surface area contributed by atoms with E-state index in [2.05, 4.69) is 34.6 Å². The van der Waals surface area contributed by atoms with Crippen LogP contribution in [0.3, 0.4) is 0 Å². The average Bonchev–Trinajstić information content (AvgIpc) is 3.22. The molecule has 0 rings (SSSR count). The molecule has 0 saturated heterocycles. The van der Waals surface area contributed by atoms with Crippen LogP contribution < -0.4 is 0 Å². The highest BCUT2D eigenvalue weighted by atomic mass is 16.6. The van der Waals surface area contributed by atoms with Crippen molar-refractivity contribution < 1.29 is 28.6 Å². The molecule has 0 saturated carbocycles. The molecule has 6 nitrogen and oxygen atoms in total. The van der Waals surface area contributed by atoms with E-state index in [9.17, 15) is 14.4 Å². The summed E-state index contributed by atoms with van der Waals surface area (Å²) in [6.45, 7) is 11.4. The lowest BCUT2D eigenvalue weighted by atomic mass is 10.0. The zero-order chi connectivity index (χ0) is 44.0. The SMILES string of the molecule is CCCCCCCCCCCCC(=O)OC[C@@H](COC(=O)CCCCCCCCCCCCCCCCCCC(C)C)OC(=O)CCCCCCCCCCCCC(C)C. The van der Waals surface area contributed by atoms with Crippen molar-refractivity contribution in [1.29, 1.82) is 0 Å². The van der Waals surface area contributed by atoms with Crippen molar-refractivity contribution in [3.8, 4) is 0 Å². The minimum absolute atomic E-state index is 0.0635. The molecule has 0 radical (unpaired) electrons. The monoisotopic (exact) mass is 849 g/mol. The van der Waals surface area contributed by atoms with Gasteiger partial charge in [0, 0.05) is 19.3 Å². The van der Waals surface area contributed by atoms with Crippen LogP contribution in [0.25, 0.3) is 0 Å². The predicted octanol–water partition coefficient (Wildman–Crippen LogP) is 17.3. The van der Waals surface area contributed by atoms with Gasteiger partial charge in [0.05, 0.1) is 0 Å². The summed E-state index contributed by atoms with van der Waals surface area (Å²) in [6.07, 6.45) is 48.1. The van der Waals surface area contributed by atoms with Crippen LogP contribution in [0, 0.1) is 11.8 Å². The van der Waals surface area contributed by atoms with E-state index in [4.69, 9.17) is 14.2 Å². The van der Waals surface area contributed by atoms with Gasteiger partial charge in [0.25, 0.3) is 0 Å². The Balaban J connectivity index is 4.24. The van der Waals surface area contributed by atoms with Crippen LogP contribution in [0.2, 0.25) is 0 Å². The summed E-state index contributed by atoms with van der Waals surface area (Å²) in [5, 5.41) is 0. The van der Waals surface area contributed by atoms with Crippen LogP contribution in [0.5, 0.6) is 0 Å². The Morgan fingerprint density at radius 1 is 0.317 bits per heavy atom. The van der Waals surface area contributed by atoms with Gasteiger partial charge in [-0.1, -0.05) is 259 Å². The number of hydrogen-bond donors (Lipinski definition) is 0. The first kappa shape index (κ1) is 58.4. The fourth-order valence-corrected chi connectivity index (χ4v) is 8.17. The van der Waals surface area contributed by atoms with Crippen LogP contribution in [-0.2, 0) is 28.6 Å². The fraction of sp³-hybridized carbons (Fsp3) is 0.944. The van der Waals surface area contributed by atoms with E-state index < -0.39 is 6.10 Å². The minimum atomic E-state index is -0.761. The van der Waals surface area contributed by atoms with Gasteiger partial charge in [0.1, 0.15) is 13.2 Å². The molecule has 0 amide bonds. The maximum Gasteiger partial charge on any atom is 0.306 e. The normalized spacial score (nSPS) is 12.1. The number of rotatable bonds is 48.